The summed E-state index contributed by atoms with van der Waals surface area (Å²) in [5.41, 5.74) is 1.09. The van der Waals surface area contributed by atoms with Crippen LogP contribution in [0.3, 0.4) is 0 Å². The van der Waals surface area contributed by atoms with Crippen LogP contribution in [0.2, 0.25) is 10.0 Å². The molecule has 7 heteroatoms. The number of nitrogens with zero attached hydrogens (tertiary/aromatic N) is 3. The highest BCUT2D eigenvalue weighted by Crippen LogP contribution is 2.44. The molecule has 0 spiro atoms. The van der Waals surface area contributed by atoms with Crippen molar-refractivity contribution in [2.75, 3.05) is 12.3 Å². The molecule has 106 valence electrons. The van der Waals surface area contributed by atoms with Crippen molar-refractivity contribution in [3.63, 3.8) is 0 Å². The fourth-order valence-corrected chi connectivity index (χ4v) is 4.39. The van der Waals surface area contributed by atoms with E-state index in [-0.39, 0.29) is 4.87 Å². The maximum absolute atomic E-state index is 6.39. The monoisotopic (exact) mass is 328 g/mol. The molecule has 0 saturated carbocycles. The molecule has 0 radical (unpaired) electrons. The van der Waals surface area contributed by atoms with E-state index in [1.807, 2.05) is 28.6 Å². The van der Waals surface area contributed by atoms with Gasteiger partial charge in [0.05, 0.1) is 4.87 Å². The maximum atomic E-state index is 6.39. The molecular weight excluding hydrogens is 315 g/mol. The van der Waals surface area contributed by atoms with Crippen LogP contribution in [0.25, 0.3) is 0 Å². The van der Waals surface area contributed by atoms with Crippen molar-refractivity contribution in [1.29, 1.82) is 0 Å². The molecule has 1 aliphatic heterocycles. The van der Waals surface area contributed by atoms with E-state index in [0.717, 1.165) is 30.8 Å². The van der Waals surface area contributed by atoms with E-state index in [1.165, 1.54) is 0 Å². The summed E-state index contributed by atoms with van der Waals surface area (Å²) >= 11 is 14.3. The zero-order valence-electron chi connectivity index (χ0n) is 10.7. The Hall–Kier alpha value is -0.750. The van der Waals surface area contributed by atoms with Crippen LogP contribution in [0, 0.1) is 0 Å². The first-order valence-corrected chi connectivity index (χ1v) is 8.11. The van der Waals surface area contributed by atoms with Crippen LogP contribution in [0.4, 0.5) is 0 Å². The number of aryl methyl sites for hydroxylation is 1. The summed E-state index contributed by atoms with van der Waals surface area (Å²) in [5, 5.41) is 9.10. The fraction of sp³-hybridized carbons (Fsp3) is 0.385. The van der Waals surface area contributed by atoms with Crippen molar-refractivity contribution in [2.24, 2.45) is 0 Å². The van der Waals surface area contributed by atoms with E-state index in [0.29, 0.717) is 10.0 Å². The number of rotatable bonds is 4. The van der Waals surface area contributed by atoms with Gasteiger partial charge in [-0.1, -0.05) is 29.3 Å². The maximum Gasteiger partial charge on any atom is 0.137 e. The molecule has 20 heavy (non-hydrogen) atoms. The van der Waals surface area contributed by atoms with Gasteiger partial charge < -0.3 is 0 Å². The summed E-state index contributed by atoms with van der Waals surface area (Å²) in [7, 11) is 0. The fourth-order valence-electron chi connectivity index (χ4n) is 2.43. The lowest BCUT2D eigenvalue weighted by Gasteiger charge is -2.30. The number of hydrogen-bond donors (Lipinski definition) is 1. The average Bonchev–Trinajstić information content (AvgIpc) is 3.08. The minimum absolute atomic E-state index is 0.173. The number of nitrogens with one attached hydrogen (secondary N) is 1. The summed E-state index contributed by atoms with van der Waals surface area (Å²) in [4.78, 5) is 3.80. The number of thioether (sulfide) groups is 1. The predicted octanol–water partition coefficient (Wildman–Crippen LogP) is 3.16. The molecular formula is C13H14Cl2N4S. The molecule has 3 rings (SSSR count). The van der Waals surface area contributed by atoms with Crippen molar-refractivity contribution in [2.45, 2.75) is 17.8 Å². The Morgan fingerprint density at radius 2 is 2.30 bits per heavy atom. The van der Waals surface area contributed by atoms with Gasteiger partial charge in [0.25, 0.3) is 0 Å². The third-order valence-electron chi connectivity index (χ3n) is 3.39. The van der Waals surface area contributed by atoms with Gasteiger partial charge in [0.2, 0.25) is 0 Å². The molecule has 2 heterocycles. The second-order valence-electron chi connectivity index (χ2n) is 4.63. The molecule has 1 fully saturated rings. The van der Waals surface area contributed by atoms with E-state index in [1.54, 1.807) is 18.7 Å². The van der Waals surface area contributed by atoms with Crippen LogP contribution in [0.1, 0.15) is 12.0 Å². The van der Waals surface area contributed by atoms with Crippen molar-refractivity contribution in [1.82, 2.24) is 20.1 Å². The minimum atomic E-state index is -0.173. The Balaban J connectivity index is 1.87. The second kappa shape index (κ2) is 5.93. The zero-order valence-corrected chi connectivity index (χ0v) is 13.0. The zero-order chi connectivity index (χ0) is 14.0. The van der Waals surface area contributed by atoms with Crippen LogP contribution < -0.4 is 5.32 Å². The van der Waals surface area contributed by atoms with Gasteiger partial charge in [0, 0.05) is 34.5 Å². The molecule has 1 aliphatic rings. The molecule has 4 nitrogen and oxygen atoms in total. The quantitative estimate of drug-likeness (QED) is 0.936. The van der Waals surface area contributed by atoms with Crippen molar-refractivity contribution in [3.8, 4) is 0 Å². The molecule has 1 saturated heterocycles. The minimum Gasteiger partial charge on any atom is -0.298 e. The highest BCUT2D eigenvalue weighted by molar-refractivity contribution is 8.00. The van der Waals surface area contributed by atoms with Gasteiger partial charge in [-0.25, -0.2) is 4.98 Å². The van der Waals surface area contributed by atoms with Gasteiger partial charge in [0.15, 0.2) is 0 Å². The van der Waals surface area contributed by atoms with Crippen molar-refractivity contribution < 1.29 is 0 Å². The SMILES string of the molecule is Clc1ccc(C2(CCn3cncn3)NCCS2)c(Cl)c1. The Kier molecular flexibility index (Phi) is 4.21. The van der Waals surface area contributed by atoms with E-state index < -0.39 is 0 Å². The lowest BCUT2D eigenvalue weighted by Crippen LogP contribution is -2.36. The second-order valence-corrected chi connectivity index (χ2v) is 6.87. The van der Waals surface area contributed by atoms with Gasteiger partial charge in [0.1, 0.15) is 12.7 Å². The van der Waals surface area contributed by atoms with Gasteiger partial charge >= 0.3 is 0 Å². The highest BCUT2D eigenvalue weighted by Gasteiger charge is 2.37. The highest BCUT2D eigenvalue weighted by atomic mass is 35.5. The van der Waals surface area contributed by atoms with E-state index in [4.69, 9.17) is 23.2 Å². The number of aromatic nitrogens is 3. The molecule has 0 bridgehead atoms. The first-order valence-electron chi connectivity index (χ1n) is 6.36. The third kappa shape index (κ3) is 2.81. The summed E-state index contributed by atoms with van der Waals surface area (Å²) in [6.07, 6.45) is 4.18. The summed E-state index contributed by atoms with van der Waals surface area (Å²) < 4.78 is 1.84. The molecule has 0 aliphatic carbocycles. The lowest BCUT2D eigenvalue weighted by atomic mass is 10.0. The topological polar surface area (TPSA) is 42.7 Å². The van der Waals surface area contributed by atoms with Crippen molar-refractivity contribution in [3.05, 3.63) is 46.5 Å². The Labute approximate surface area is 131 Å². The van der Waals surface area contributed by atoms with Gasteiger partial charge in [-0.3, -0.25) is 10.00 Å². The average molecular weight is 329 g/mol. The van der Waals surface area contributed by atoms with Crippen LogP contribution >= 0.6 is 35.0 Å². The first kappa shape index (κ1) is 14.2. The largest absolute Gasteiger partial charge is 0.298 e. The summed E-state index contributed by atoms with van der Waals surface area (Å²) in [6.45, 7) is 1.76. The van der Waals surface area contributed by atoms with Crippen molar-refractivity contribution >= 4 is 35.0 Å². The predicted molar refractivity (Wildman–Crippen MR) is 83.2 cm³/mol. The smallest absolute Gasteiger partial charge is 0.137 e. The van der Waals surface area contributed by atoms with Gasteiger partial charge in [-0.2, -0.15) is 5.10 Å². The van der Waals surface area contributed by atoms with E-state index in [9.17, 15) is 0 Å². The third-order valence-corrected chi connectivity index (χ3v) is 5.40. The lowest BCUT2D eigenvalue weighted by molar-refractivity contribution is 0.432. The number of benzene rings is 1. The summed E-state index contributed by atoms with van der Waals surface area (Å²) in [6, 6.07) is 5.70. The number of halogens is 2. The Morgan fingerprint density at radius 3 is 2.95 bits per heavy atom. The van der Waals surface area contributed by atoms with Crippen LogP contribution in [-0.2, 0) is 11.4 Å². The molecule has 1 aromatic heterocycles. The Morgan fingerprint density at radius 1 is 1.40 bits per heavy atom. The molecule has 1 aromatic carbocycles. The molecule has 2 aromatic rings. The molecule has 1 N–H and O–H groups in total. The normalized spacial score (nSPS) is 22.3. The van der Waals surface area contributed by atoms with Gasteiger partial charge in [-0.15, -0.1) is 11.8 Å². The first-order chi connectivity index (χ1) is 9.70. The molecule has 1 atom stereocenters. The van der Waals surface area contributed by atoms with Crippen LogP contribution in [0.5, 0.6) is 0 Å². The van der Waals surface area contributed by atoms with E-state index in [2.05, 4.69) is 15.4 Å². The standard InChI is InChI=1S/C13H14Cl2N4S/c14-10-1-2-11(12(15)7-10)13(17-4-6-20-13)3-5-19-9-16-8-18-19/h1-2,7-9,17H,3-6H2. The van der Waals surface area contributed by atoms with Crippen LogP contribution in [0.15, 0.2) is 30.9 Å². The van der Waals surface area contributed by atoms with Crippen LogP contribution in [-0.4, -0.2) is 27.1 Å². The molecule has 0 amide bonds. The molecule has 1 unspecified atom stereocenters. The Bertz CT molecular complexity index is 582. The number of hydrogen-bond acceptors (Lipinski definition) is 4. The van der Waals surface area contributed by atoms with Gasteiger partial charge in [-0.05, 0) is 18.6 Å². The van der Waals surface area contributed by atoms with E-state index >= 15 is 0 Å². The summed E-state index contributed by atoms with van der Waals surface area (Å²) in [5.74, 6) is 1.07.